The maximum Gasteiger partial charge on any atom is 0.349 e. The van der Waals surface area contributed by atoms with Gasteiger partial charge in [-0.05, 0) is 19.1 Å². The lowest BCUT2D eigenvalue weighted by Crippen LogP contribution is -2.32. The summed E-state index contributed by atoms with van der Waals surface area (Å²) in [4.78, 5) is 23.4. The van der Waals surface area contributed by atoms with Crippen molar-refractivity contribution in [3.63, 3.8) is 0 Å². The summed E-state index contributed by atoms with van der Waals surface area (Å²) in [5.74, 6) is -1.34. The number of nitrogens with one attached hydrogen (secondary N) is 1. The van der Waals surface area contributed by atoms with Crippen LogP contribution < -0.4 is 20.1 Å². The molecule has 0 bridgehead atoms. The van der Waals surface area contributed by atoms with Crippen LogP contribution in [0.4, 0.5) is 5.69 Å². The second kappa shape index (κ2) is 6.74. The Labute approximate surface area is 129 Å². The number of hydrogen-bond donors (Lipinski definition) is 2. The molecule has 0 fully saturated rings. The van der Waals surface area contributed by atoms with Crippen molar-refractivity contribution in [3.05, 3.63) is 49.9 Å². The largest absolute Gasteiger partial charge is 0.477 e. The molecule has 22 heavy (non-hydrogen) atoms. The number of anilines is 1. The summed E-state index contributed by atoms with van der Waals surface area (Å²) in [6, 6.07) is 10.9. The number of aromatic nitrogens is 1. The van der Waals surface area contributed by atoms with Gasteiger partial charge in [-0.25, -0.2) is 4.79 Å². The molecule has 1 aromatic carbocycles. The molecule has 2 N–H and O–H groups in total. The van der Waals surface area contributed by atoms with Crippen LogP contribution in [0.5, 0.6) is 0 Å². The van der Waals surface area contributed by atoms with E-state index in [9.17, 15) is 9.59 Å². The number of nitriles is 1. The summed E-state index contributed by atoms with van der Waals surface area (Å²) in [5, 5.41) is 21.0. The molecule has 0 radical (unpaired) electrons. The smallest absolute Gasteiger partial charge is 0.349 e. The fourth-order valence-corrected chi connectivity index (χ4v) is 2.94. The molecule has 2 aromatic rings. The molecule has 112 valence electrons. The molecule has 1 heterocycles. The number of carboxylic acids is 1. The molecule has 0 unspecified atom stereocenters. The predicted octanol–water partition coefficient (Wildman–Crippen LogP) is 0.539. The first kappa shape index (κ1) is 15.5. The van der Waals surface area contributed by atoms with Crippen molar-refractivity contribution in [3.8, 4) is 6.07 Å². The lowest BCUT2D eigenvalue weighted by Gasteiger charge is -1.97. The first-order valence-electron chi connectivity index (χ1n) is 6.47. The predicted molar refractivity (Wildman–Crippen MR) is 84.7 cm³/mol. The van der Waals surface area contributed by atoms with Crippen LogP contribution in [-0.4, -0.2) is 15.6 Å². The van der Waals surface area contributed by atoms with E-state index in [1.54, 1.807) is 13.0 Å². The van der Waals surface area contributed by atoms with E-state index < -0.39 is 11.5 Å². The molecule has 6 nitrogen and oxygen atoms in total. The minimum absolute atomic E-state index is 0.156. The van der Waals surface area contributed by atoms with Gasteiger partial charge >= 0.3 is 5.97 Å². The highest BCUT2D eigenvalue weighted by Crippen LogP contribution is 2.04. The lowest BCUT2D eigenvalue weighted by molar-refractivity contribution is -0.130. The van der Waals surface area contributed by atoms with Crippen molar-refractivity contribution in [1.29, 1.82) is 5.26 Å². The Hall–Kier alpha value is -2.85. The van der Waals surface area contributed by atoms with Gasteiger partial charge in [0.25, 0.3) is 5.56 Å². The molecule has 0 spiro atoms. The summed E-state index contributed by atoms with van der Waals surface area (Å²) >= 11 is 0.983. The van der Waals surface area contributed by atoms with E-state index in [2.05, 4.69) is 5.32 Å². The lowest BCUT2D eigenvalue weighted by atomic mass is 10.3. The van der Waals surface area contributed by atoms with Crippen molar-refractivity contribution in [2.75, 3.05) is 5.32 Å². The Balaban J connectivity index is 2.62. The molecule has 0 atom stereocenters. The number of para-hydroxylation sites is 1. The highest BCUT2D eigenvalue weighted by atomic mass is 32.1. The Bertz CT molecular complexity index is 904. The normalized spacial score (nSPS) is 12.6. The monoisotopic (exact) mass is 315 g/mol. The van der Waals surface area contributed by atoms with Gasteiger partial charge in [-0.15, -0.1) is 11.3 Å². The van der Waals surface area contributed by atoms with Crippen molar-refractivity contribution in [2.24, 2.45) is 0 Å². The third kappa shape index (κ3) is 3.07. The molecular weight excluding hydrogens is 302 g/mol. The van der Waals surface area contributed by atoms with Gasteiger partial charge in [-0.3, -0.25) is 9.36 Å². The van der Waals surface area contributed by atoms with E-state index in [-0.39, 0.29) is 10.2 Å². The number of hydrogen-bond acceptors (Lipinski definition) is 5. The standard InChI is InChI=1S/C15H13N3O3S/c1-2-18-13(19)12(9-17-10-6-4-3-5-7-10)22-14(18)11(8-16)15(20)21/h3-7,9,17H,2H2,1H3,(H,20,21)/b12-9-,14-11+. The fourth-order valence-electron chi connectivity index (χ4n) is 1.86. The summed E-state index contributed by atoms with van der Waals surface area (Å²) < 4.78 is 1.79. The zero-order valence-corrected chi connectivity index (χ0v) is 12.6. The zero-order valence-electron chi connectivity index (χ0n) is 11.7. The van der Waals surface area contributed by atoms with Gasteiger partial charge < -0.3 is 10.4 Å². The molecule has 0 saturated carbocycles. The van der Waals surface area contributed by atoms with Crippen LogP contribution in [0, 0.1) is 11.3 Å². The highest BCUT2D eigenvalue weighted by Gasteiger charge is 2.13. The minimum atomic E-state index is -1.34. The number of rotatable bonds is 4. The van der Waals surface area contributed by atoms with E-state index in [0.29, 0.717) is 11.1 Å². The third-order valence-corrected chi connectivity index (χ3v) is 4.04. The van der Waals surface area contributed by atoms with Gasteiger partial charge in [0.05, 0.1) is 0 Å². The summed E-state index contributed by atoms with van der Waals surface area (Å²) in [6.07, 6.45) is 1.52. The summed E-state index contributed by atoms with van der Waals surface area (Å²) in [6.45, 7) is 2.02. The van der Waals surface area contributed by atoms with E-state index in [1.165, 1.54) is 10.8 Å². The molecule has 1 aromatic heterocycles. The molecule has 0 aliphatic carbocycles. The van der Waals surface area contributed by atoms with Gasteiger partial charge in [0.2, 0.25) is 0 Å². The Morgan fingerprint density at radius 1 is 1.45 bits per heavy atom. The van der Waals surface area contributed by atoms with Crippen LogP contribution in [-0.2, 0) is 11.3 Å². The average molecular weight is 315 g/mol. The van der Waals surface area contributed by atoms with Crippen molar-refractivity contribution in [2.45, 2.75) is 13.5 Å². The maximum absolute atomic E-state index is 12.3. The van der Waals surface area contributed by atoms with Crippen LogP contribution >= 0.6 is 11.3 Å². The molecule has 0 saturated heterocycles. The van der Waals surface area contributed by atoms with Crippen LogP contribution in [0.25, 0.3) is 11.8 Å². The number of carboxylic acid groups (broad SMARTS) is 1. The minimum Gasteiger partial charge on any atom is -0.477 e. The first-order valence-corrected chi connectivity index (χ1v) is 7.29. The van der Waals surface area contributed by atoms with Gasteiger partial charge in [-0.1, -0.05) is 18.2 Å². The van der Waals surface area contributed by atoms with Crippen LogP contribution in [0.3, 0.4) is 0 Å². The highest BCUT2D eigenvalue weighted by molar-refractivity contribution is 7.07. The van der Waals surface area contributed by atoms with Crippen molar-refractivity contribution < 1.29 is 9.90 Å². The van der Waals surface area contributed by atoms with Crippen LogP contribution in [0.1, 0.15) is 6.92 Å². The maximum atomic E-state index is 12.3. The van der Waals surface area contributed by atoms with Gasteiger partial charge in [0, 0.05) is 18.4 Å². The van der Waals surface area contributed by atoms with Crippen LogP contribution in [0.2, 0.25) is 0 Å². The third-order valence-electron chi connectivity index (χ3n) is 2.91. The second-order valence-electron chi connectivity index (χ2n) is 4.27. The average Bonchev–Trinajstić information content (AvgIpc) is 2.82. The summed E-state index contributed by atoms with van der Waals surface area (Å²) in [7, 11) is 0. The number of carbonyl (C=O) groups is 1. The molecule has 7 heteroatoms. The van der Waals surface area contributed by atoms with E-state index >= 15 is 0 Å². The van der Waals surface area contributed by atoms with Gasteiger partial charge in [0.1, 0.15) is 15.3 Å². The molecule has 0 aliphatic rings. The molecule has 0 aliphatic heterocycles. The molecule has 0 amide bonds. The van der Waals surface area contributed by atoms with Gasteiger partial charge in [0.15, 0.2) is 5.57 Å². The SMILES string of the molecule is CCn1c(=O)/c(=C/Nc2ccccc2)s/c1=C(\C#N)C(=O)O. The van der Waals surface area contributed by atoms with Crippen molar-refractivity contribution in [1.82, 2.24) is 4.57 Å². The quantitative estimate of drug-likeness (QED) is 0.858. The molecular formula is C15H13N3O3S. The fraction of sp³-hybridized carbons (Fsp3) is 0.133. The second-order valence-corrected chi connectivity index (χ2v) is 5.30. The summed E-state index contributed by atoms with van der Waals surface area (Å²) in [5.41, 5.74) is 0.0610. The molecule has 2 rings (SSSR count). The first-order chi connectivity index (χ1) is 10.6. The van der Waals surface area contributed by atoms with E-state index in [0.717, 1.165) is 17.0 Å². The zero-order chi connectivity index (χ0) is 16.1. The number of nitrogens with zero attached hydrogens (tertiary/aromatic N) is 2. The van der Waals surface area contributed by atoms with Crippen molar-refractivity contribution >= 4 is 34.8 Å². The Morgan fingerprint density at radius 3 is 2.68 bits per heavy atom. The number of benzene rings is 1. The van der Waals surface area contributed by atoms with E-state index in [1.807, 2.05) is 30.3 Å². The number of aliphatic carboxylic acids is 1. The van der Waals surface area contributed by atoms with E-state index in [4.69, 9.17) is 10.4 Å². The Kier molecular flexibility index (Phi) is 4.76. The van der Waals surface area contributed by atoms with Crippen LogP contribution in [0.15, 0.2) is 35.1 Å². The Morgan fingerprint density at radius 2 is 2.14 bits per heavy atom. The van der Waals surface area contributed by atoms with Gasteiger partial charge in [-0.2, -0.15) is 5.26 Å². The topological polar surface area (TPSA) is 95.1 Å². The number of thiazole rings is 1.